The Morgan fingerprint density at radius 2 is 2.08 bits per heavy atom. The maximum atomic E-state index is 12.4. The van der Waals surface area contributed by atoms with E-state index in [9.17, 15) is 9.59 Å². The van der Waals surface area contributed by atoms with Crippen LogP contribution in [0, 0.1) is 5.92 Å². The van der Waals surface area contributed by atoms with Crippen LogP contribution in [0.4, 0.5) is 0 Å². The minimum absolute atomic E-state index is 0.124. The largest absolute Gasteiger partial charge is 0.481 e. The predicted molar refractivity (Wildman–Crippen MR) is 95.6 cm³/mol. The van der Waals surface area contributed by atoms with Crippen molar-refractivity contribution in [2.45, 2.75) is 39.5 Å². The van der Waals surface area contributed by atoms with Crippen molar-refractivity contribution < 1.29 is 14.7 Å². The lowest BCUT2D eigenvalue weighted by Crippen LogP contribution is -2.26. The Balaban J connectivity index is 2.03. The summed E-state index contributed by atoms with van der Waals surface area (Å²) in [6.45, 7) is 4.67. The molecule has 6 nitrogen and oxygen atoms in total. The van der Waals surface area contributed by atoms with Crippen molar-refractivity contribution in [1.82, 2.24) is 15.3 Å². The number of nitrogens with zero attached hydrogens (tertiary/aromatic N) is 2. The van der Waals surface area contributed by atoms with Gasteiger partial charge in [0.25, 0.3) is 5.91 Å². The van der Waals surface area contributed by atoms with Gasteiger partial charge < -0.3 is 10.4 Å². The number of thiazole rings is 2. The molecule has 2 N–H and O–H groups in total. The van der Waals surface area contributed by atoms with E-state index in [0.717, 1.165) is 21.3 Å². The van der Waals surface area contributed by atoms with Crippen LogP contribution in [0.25, 0.3) is 10.0 Å². The van der Waals surface area contributed by atoms with Gasteiger partial charge in [-0.05, 0) is 25.2 Å². The third-order valence-electron chi connectivity index (χ3n) is 3.22. The van der Waals surface area contributed by atoms with Crippen molar-refractivity contribution in [3.63, 3.8) is 0 Å². The van der Waals surface area contributed by atoms with Crippen LogP contribution in [0.3, 0.4) is 0 Å². The molecule has 1 amide bonds. The SMILES string of the molecule is CC(C)Cc1sc(-c2nccs2)nc1C(=O)NCCCCC(=O)O. The second-order valence-corrected chi connectivity index (χ2v) is 7.81. The van der Waals surface area contributed by atoms with Gasteiger partial charge >= 0.3 is 5.97 Å². The quantitative estimate of drug-likeness (QED) is 0.662. The van der Waals surface area contributed by atoms with Gasteiger partial charge in [0.05, 0.1) is 0 Å². The molecule has 0 aliphatic heterocycles. The molecule has 2 heterocycles. The summed E-state index contributed by atoms with van der Waals surface area (Å²) in [5, 5.41) is 14.9. The van der Waals surface area contributed by atoms with Crippen molar-refractivity contribution in [3.05, 3.63) is 22.1 Å². The number of carboxylic acid groups (broad SMARTS) is 1. The Morgan fingerprint density at radius 3 is 2.71 bits per heavy atom. The number of nitrogens with one attached hydrogen (secondary N) is 1. The third-order valence-corrected chi connectivity index (χ3v) is 5.22. The standard InChI is InChI=1S/C16H21N3O3S2/c1-10(2)9-11-13(14(22)17-6-4-3-5-12(20)21)19-16(24-11)15-18-7-8-23-15/h7-8,10H,3-6,9H2,1-2H3,(H,17,22)(H,20,21). The minimum atomic E-state index is -0.812. The zero-order chi connectivity index (χ0) is 17.5. The number of amides is 1. The number of unbranched alkanes of at least 4 members (excludes halogenated alkanes) is 1. The van der Waals surface area contributed by atoms with Crippen LogP contribution in [-0.2, 0) is 11.2 Å². The zero-order valence-electron chi connectivity index (χ0n) is 13.7. The first-order valence-electron chi connectivity index (χ1n) is 7.87. The molecular weight excluding hydrogens is 346 g/mol. The number of carboxylic acids is 1. The Hall–Kier alpha value is -1.80. The summed E-state index contributed by atoms with van der Waals surface area (Å²) >= 11 is 3.03. The Bertz CT molecular complexity index is 681. The van der Waals surface area contributed by atoms with Crippen LogP contribution >= 0.6 is 22.7 Å². The van der Waals surface area contributed by atoms with E-state index in [2.05, 4.69) is 29.1 Å². The first-order valence-corrected chi connectivity index (χ1v) is 9.56. The summed E-state index contributed by atoms with van der Waals surface area (Å²) in [4.78, 5) is 32.6. The van der Waals surface area contributed by atoms with Gasteiger partial charge in [0.1, 0.15) is 5.69 Å². The Labute approximate surface area is 149 Å². The molecule has 130 valence electrons. The van der Waals surface area contributed by atoms with E-state index >= 15 is 0 Å². The number of carbonyl (C=O) groups is 2. The van der Waals surface area contributed by atoms with E-state index in [1.54, 1.807) is 6.20 Å². The number of carbonyl (C=O) groups excluding carboxylic acids is 1. The van der Waals surface area contributed by atoms with E-state index in [0.29, 0.717) is 31.0 Å². The van der Waals surface area contributed by atoms with Crippen molar-refractivity contribution in [2.75, 3.05) is 6.54 Å². The molecule has 2 rings (SSSR count). The van der Waals surface area contributed by atoms with Crippen LogP contribution in [0.2, 0.25) is 0 Å². The molecule has 0 aromatic carbocycles. The number of aliphatic carboxylic acids is 1. The molecule has 0 spiro atoms. The maximum absolute atomic E-state index is 12.4. The van der Waals surface area contributed by atoms with Gasteiger partial charge in [-0.25, -0.2) is 9.97 Å². The fourth-order valence-corrected chi connectivity index (χ4v) is 4.10. The first-order chi connectivity index (χ1) is 11.5. The molecule has 0 saturated heterocycles. The van der Waals surface area contributed by atoms with E-state index in [1.165, 1.54) is 22.7 Å². The molecule has 24 heavy (non-hydrogen) atoms. The van der Waals surface area contributed by atoms with Crippen LogP contribution < -0.4 is 5.32 Å². The van der Waals surface area contributed by atoms with Gasteiger partial charge in [-0.3, -0.25) is 9.59 Å². The Kier molecular flexibility index (Phi) is 6.86. The lowest BCUT2D eigenvalue weighted by Gasteiger charge is -2.06. The molecule has 0 bridgehead atoms. The van der Waals surface area contributed by atoms with Crippen LogP contribution in [0.1, 0.15) is 48.5 Å². The summed E-state index contributed by atoms with van der Waals surface area (Å²) in [5.74, 6) is -0.579. The number of rotatable bonds is 9. The summed E-state index contributed by atoms with van der Waals surface area (Å²) in [7, 11) is 0. The van der Waals surface area contributed by atoms with E-state index in [4.69, 9.17) is 5.11 Å². The molecule has 0 radical (unpaired) electrons. The van der Waals surface area contributed by atoms with Gasteiger partial charge in [-0.15, -0.1) is 22.7 Å². The zero-order valence-corrected chi connectivity index (χ0v) is 15.4. The van der Waals surface area contributed by atoms with Crippen LogP contribution in [0.15, 0.2) is 11.6 Å². The minimum Gasteiger partial charge on any atom is -0.481 e. The lowest BCUT2D eigenvalue weighted by atomic mass is 10.1. The fourth-order valence-electron chi connectivity index (χ4n) is 2.15. The highest BCUT2D eigenvalue weighted by atomic mass is 32.1. The predicted octanol–water partition coefficient (Wildman–Crippen LogP) is 3.45. The van der Waals surface area contributed by atoms with Crippen molar-refractivity contribution in [3.8, 4) is 10.0 Å². The monoisotopic (exact) mass is 367 g/mol. The van der Waals surface area contributed by atoms with Crippen molar-refractivity contribution >= 4 is 34.6 Å². The van der Waals surface area contributed by atoms with Gasteiger partial charge in [0, 0.05) is 29.4 Å². The van der Waals surface area contributed by atoms with Gasteiger partial charge in [-0.2, -0.15) is 0 Å². The van der Waals surface area contributed by atoms with Crippen LogP contribution in [0.5, 0.6) is 0 Å². The highest BCUT2D eigenvalue weighted by molar-refractivity contribution is 7.20. The summed E-state index contributed by atoms with van der Waals surface area (Å²) < 4.78 is 0. The molecule has 2 aromatic rings. The van der Waals surface area contributed by atoms with Gasteiger partial charge in [0.15, 0.2) is 10.0 Å². The summed E-state index contributed by atoms with van der Waals surface area (Å²) in [6, 6.07) is 0. The third kappa shape index (κ3) is 5.38. The van der Waals surface area contributed by atoms with Gasteiger partial charge in [-0.1, -0.05) is 13.8 Å². The van der Waals surface area contributed by atoms with Crippen molar-refractivity contribution in [1.29, 1.82) is 0 Å². The molecule has 8 heteroatoms. The molecule has 0 aliphatic carbocycles. The Morgan fingerprint density at radius 1 is 1.29 bits per heavy atom. The topological polar surface area (TPSA) is 92.2 Å². The lowest BCUT2D eigenvalue weighted by molar-refractivity contribution is -0.137. The molecule has 0 atom stereocenters. The van der Waals surface area contributed by atoms with Crippen LogP contribution in [-0.4, -0.2) is 33.5 Å². The fraction of sp³-hybridized carbons (Fsp3) is 0.500. The number of aromatic nitrogens is 2. The second kappa shape index (κ2) is 8.89. The smallest absolute Gasteiger partial charge is 0.303 e. The second-order valence-electron chi connectivity index (χ2n) is 5.83. The molecule has 0 unspecified atom stereocenters. The molecule has 2 aromatic heterocycles. The molecule has 0 fully saturated rings. The van der Waals surface area contributed by atoms with Crippen molar-refractivity contribution in [2.24, 2.45) is 5.92 Å². The number of hydrogen-bond acceptors (Lipinski definition) is 6. The molecule has 0 aliphatic rings. The average molecular weight is 367 g/mol. The first kappa shape index (κ1) is 18.5. The maximum Gasteiger partial charge on any atom is 0.303 e. The molecular formula is C16H21N3O3S2. The summed E-state index contributed by atoms with van der Waals surface area (Å²) in [6.07, 6.45) is 3.84. The highest BCUT2D eigenvalue weighted by Crippen LogP contribution is 2.31. The number of hydrogen-bond donors (Lipinski definition) is 2. The summed E-state index contributed by atoms with van der Waals surface area (Å²) in [5.41, 5.74) is 0.470. The van der Waals surface area contributed by atoms with E-state index in [1.807, 2.05) is 5.38 Å². The molecule has 0 saturated carbocycles. The van der Waals surface area contributed by atoms with E-state index < -0.39 is 5.97 Å². The average Bonchev–Trinajstić information content (AvgIpc) is 3.14. The van der Waals surface area contributed by atoms with Gasteiger partial charge in [0.2, 0.25) is 0 Å². The van der Waals surface area contributed by atoms with E-state index in [-0.39, 0.29) is 12.3 Å². The normalized spacial score (nSPS) is 11.0. The highest BCUT2D eigenvalue weighted by Gasteiger charge is 2.20.